The molecule has 0 fully saturated rings. The minimum Gasteiger partial charge on any atom is -0.203 e. The van der Waals surface area contributed by atoms with E-state index in [-0.39, 0.29) is 0 Å². The number of benzene rings is 14. The molecule has 14 aromatic rings. The van der Waals surface area contributed by atoms with E-state index in [9.17, 15) is 0 Å². The molecule has 14 aromatic carbocycles. The van der Waals surface area contributed by atoms with Crippen molar-refractivity contribution >= 4 is 0 Å². The first-order valence-corrected chi connectivity index (χ1v) is 35.1. The van der Waals surface area contributed by atoms with Gasteiger partial charge in [-0.2, -0.15) is 0 Å². The molecule has 728 valence electrons. The quantitative estimate of drug-likeness (QED) is 0.105. The Kier molecular flexibility index (Phi) is 23.8. The summed E-state index contributed by atoms with van der Waals surface area (Å²) in [6.45, 7) is 0. The van der Waals surface area contributed by atoms with Gasteiger partial charge in [0, 0.05) is 0 Å². The molecule has 0 nitrogen and oxygen atoms in total. The molecule has 54 rings (SSSR count). The SMILES string of the molecule is Fc1c(F)c2c(F)c(F)c1-c1c(F)c(F)c(c(F)c1F)-c1c(F)c(F)c(c(F)c1F)-c1c(F)c(F)c(c(F)c1F)-c1c(F)c(F)c(c(F)c1F)-c1c(F)c(F)c(c(F)c1F)-c1c(F)c(F)c(c(F)c1F)-c1c(F)c(F)c(c(F)c1F)-c1c(F)c(F)c(c(F)c1F)-c1c(F)c(F)c(c(F)c1F)-c1c(F)c(F)c(c(F)c1F)-c1c(F)c(F)c(c(F)c1F)-c1c(F)c(F)c(c(F)c1F)-c1c(F)c(F)c-2c(F)c1F. The first-order chi connectivity index (χ1) is 65.0. The van der Waals surface area contributed by atoms with Gasteiger partial charge in [0.2, 0.25) is 0 Å². The minimum absolute atomic E-state index is 3.48. The lowest BCUT2D eigenvalue weighted by Gasteiger charge is -2.20. The van der Waals surface area contributed by atoms with Crippen molar-refractivity contribution in [3.63, 3.8) is 0 Å². The van der Waals surface area contributed by atoms with Crippen LogP contribution >= 0.6 is 0 Å². The van der Waals surface area contributed by atoms with Crippen molar-refractivity contribution < 1.29 is 246 Å². The normalized spacial score (nSPS) is 12.0. The average molecular weight is 2070 g/mol. The highest BCUT2D eigenvalue weighted by atomic mass is 19.2. The Morgan fingerprint density at radius 2 is 0.0500 bits per heavy atom. The molecule has 0 N–H and O–H groups in total. The second-order valence-electron chi connectivity index (χ2n) is 28.1. The average Bonchev–Trinajstić information content (AvgIpc) is 0.717. The Hall–Kier alpha value is -14.8. The first kappa shape index (κ1) is 99.6. The molecule has 0 saturated heterocycles. The molecule has 0 radical (unpaired) electrons. The molecule has 28 bridgehead atoms. The van der Waals surface area contributed by atoms with Crippen molar-refractivity contribution in [1.29, 1.82) is 0 Å². The van der Waals surface area contributed by atoms with E-state index in [0.717, 1.165) is 0 Å². The summed E-state index contributed by atoms with van der Waals surface area (Å²) in [6.07, 6.45) is 0. The zero-order valence-electron chi connectivity index (χ0n) is 63.2. The Morgan fingerprint density at radius 1 is 0.0357 bits per heavy atom. The fourth-order valence-corrected chi connectivity index (χ4v) is 15.0. The molecule has 0 amide bonds. The van der Waals surface area contributed by atoms with Crippen molar-refractivity contribution in [2.45, 2.75) is 0 Å². The summed E-state index contributed by atoms with van der Waals surface area (Å²) >= 11 is 0. The fourth-order valence-electron chi connectivity index (χ4n) is 15.0. The lowest BCUT2D eigenvalue weighted by molar-refractivity contribution is 0.430. The first-order valence-electron chi connectivity index (χ1n) is 35.1. The summed E-state index contributed by atoms with van der Waals surface area (Å²) in [5.41, 5.74) is -97.3. The molecule has 0 atom stereocenters. The second-order valence-corrected chi connectivity index (χ2v) is 28.1. The van der Waals surface area contributed by atoms with Crippen molar-refractivity contribution in [3.05, 3.63) is 326 Å². The zero-order valence-corrected chi connectivity index (χ0v) is 63.2. The number of hydrogen-bond acceptors (Lipinski definition) is 0. The van der Waals surface area contributed by atoms with Gasteiger partial charge in [0.05, 0.1) is 156 Å². The van der Waals surface area contributed by atoms with E-state index in [1.54, 1.807) is 0 Å². The molecular formula is C84F56. The van der Waals surface area contributed by atoms with Gasteiger partial charge in [-0.25, -0.2) is 246 Å². The lowest BCUT2D eigenvalue weighted by Crippen LogP contribution is -2.14. The standard InChI is InChI=1S/C84F56/c85-29-1-2-31(87)35(91)5(36(92)32(2)88)6-39(95)43(99)9(44(100)40(6)96)10-47(103)51(107)13(52(108)48(10)104)14-55(111)59(115)17(60(116)56(14)112)18-63(119)67(123)21(68(124)64(18)120)22-71(127)75(131)25(76(132)72(22)128)26-79(135)83(139)28(84(140)80(26)136)27-81(137)77(133)24(78(134)82(27)138)23-73(129)69(125)20(70(126)74(23)130)19-65(121)61(117)16(62(118)66(19)122)15-57(113)53(109)12(54(110)58(15)114)11-49(105)45(101)8(46(102)50(11)106)7-41(97)37(93)4(38(94)42(7)98)3(33(29)89)34(90)30(1)86. The Balaban J connectivity index is 0.954. The highest BCUT2D eigenvalue weighted by Crippen LogP contribution is 2.56. The van der Waals surface area contributed by atoms with Crippen molar-refractivity contribution in [3.8, 4) is 156 Å². The molecule has 0 aliphatic heterocycles. The molecule has 0 spiro atoms. The molecule has 40 aliphatic rings. The van der Waals surface area contributed by atoms with Gasteiger partial charge in [-0.3, -0.25) is 0 Å². The van der Waals surface area contributed by atoms with Gasteiger partial charge >= 0.3 is 0 Å². The third-order valence-corrected chi connectivity index (χ3v) is 21.2. The van der Waals surface area contributed by atoms with Gasteiger partial charge in [0.15, 0.2) is 326 Å². The van der Waals surface area contributed by atoms with Gasteiger partial charge in [-0.1, -0.05) is 0 Å². The Labute approximate surface area is 725 Å². The van der Waals surface area contributed by atoms with Gasteiger partial charge < -0.3 is 0 Å². The summed E-state index contributed by atoms with van der Waals surface area (Å²) in [5, 5.41) is 0. The number of hydrogen-bond donors (Lipinski definition) is 0. The number of rotatable bonds is 0. The van der Waals surface area contributed by atoms with E-state index in [2.05, 4.69) is 0 Å². The van der Waals surface area contributed by atoms with E-state index in [0.29, 0.717) is 0 Å². The minimum atomic E-state index is -3.88. The van der Waals surface area contributed by atoms with Crippen LogP contribution in [-0.2, 0) is 0 Å². The molecule has 40 aliphatic carbocycles. The van der Waals surface area contributed by atoms with Crippen molar-refractivity contribution in [2.24, 2.45) is 0 Å². The van der Waals surface area contributed by atoms with Crippen molar-refractivity contribution in [2.75, 3.05) is 0 Å². The van der Waals surface area contributed by atoms with Crippen LogP contribution < -0.4 is 0 Å². The lowest BCUT2D eigenvalue weighted by atomic mass is 9.89. The van der Waals surface area contributed by atoms with Crippen LogP contribution in [-0.4, -0.2) is 0 Å². The molecule has 56 heteroatoms. The molecule has 0 aromatic heterocycles. The smallest absolute Gasteiger partial charge is 0.170 e. The van der Waals surface area contributed by atoms with Crippen LogP contribution in [0.25, 0.3) is 156 Å². The van der Waals surface area contributed by atoms with E-state index in [1.807, 2.05) is 0 Å². The maximum absolute atomic E-state index is 16.1. The van der Waals surface area contributed by atoms with Crippen LogP contribution in [0.1, 0.15) is 0 Å². The van der Waals surface area contributed by atoms with Crippen LogP contribution in [0.15, 0.2) is 0 Å². The molecule has 140 heavy (non-hydrogen) atoms. The maximum atomic E-state index is 16.1. The van der Waals surface area contributed by atoms with Crippen LogP contribution in [0.5, 0.6) is 0 Å². The van der Waals surface area contributed by atoms with Crippen LogP contribution in [0.3, 0.4) is 0 Å². The van der Waals surface area contributed by atoms with E-state index >= 15 is 246 Å². The van der Waals surface area contributed by atoms with Crippen LogP contribution in [0, 0.1) is 326 Å². The second kappa shape index (κ2) is 33.5. The fraction of sp³-hybridized carbons (Fsp3) is 0. The molecular weight excluding hydrogens is 2070 g/mol. The largest absolute Gasteiger partial charge is 0.203 e. The Morgan fingerprint density at radius 3 is 0.0643 bits per heavy atom. The highest BCUT2D eigenvalue weighted by Gasteiger charge is 2.50. The third-order valence-electron chi connectivity index (χ3n) is 21.2. The van der Waals surface area contributed by atoms with Crippen LogP contribution in [0.4, 0.5) is 246 Å². The predicted molar refractivity (Wildman–Crippen MR) is 354 cm³/mol. The maximum Gasteiger partial charge on any atom is 0.170 e. The van der Waals surface area contributed by atoms with E-state index in [4.69, 9.17) is 0 Å². The third kappa shape index (κ3) is 12.9. The van der Waals surface area contributed by atoms with Crippen LogP contribution in [0.2, 0.25) is 0 Å². The predicted octanol–water partition coefficient (Wildman–Crippen LogP) is 31.1. The summed E-state index contributed by atoms with van der Waals surface area (Å²) < 4.78 is 903. The number of halogens is 56. The van der Waals surface area contributed by atoms with E-state index < -0.39 is 482 Å². The van der Waals surface area contributed by atoms with Crippen molar-refractivity contribution in [1.82, 2.24) is 0 Å². The highest BCUT2D eigenvalue weighted by molar-refractivity contribution is 5.88. The summed E-state index contributed by atoms with van der Waals surface area (Å²) in [7, 11) is 0. The Bertz CT molecular complexity index is 5540. The molecule has 0 unspecified atom stereocenters. The topological polar surface area (TPSA) is 0 Å². The van der Waals surface area contributed by atoms with Gasteiger partial charge in [-0.05, 0) is 0 Å². The summed E-state index contributed by atoms with van der Waals surface area (Å²) in [5.74, 6) is -217. The van der Waals surface area contributed by atoms with Gasteiger partial charge in [-0.15, -0.1) is 0 Å². The zero-order chi connectivity index (χ0) is 104. The summed E-state index contributed by atoms with van der Waals surface area (Å²) in [4.78, 5) is 0. The monoisotopic (exact) mass is 2070 g/mol. The summed E-state index contributed by atoms with van der Waals surface area (Å²) in [6, 6.07) is 0. The van der Waals surface area contributed by atoms with Gasteiger partial charge in [0.25, 0.3) is 0 Å². The van der Waals surface area contributed by atoms with Gasteiger partial charge in [0.1, 0.15) is 0 Å². The molecule has 0 heterocycles. The molecule has 0 saturated carbocycles. The van der Waals surface area contributed by atoms with E-state index in [1.165, 1.54) is 0 Å².